The summed E-state index contributed by atoms with van der Waals surface area (Å²) in [7, 11) is 3.04. The Labute approximate surface area is 151 Å². The molecular formula is C20H32N2O3. The van der Waals surface area contributed by atoms with Gasteiger partial charge in [0, 0.05) is 24.6 Å². The zero-order valence-electron chi connectivity index (χ0n) is 16.8. The third-order valence-corrected chi connectivity index (χ3v) is 3.94. The predicted octanol–water partition coefficient (Wildman–Crippen LogP) is 3.46. The molecule has 25 heavy (non-hydrogen) atoms. The molecule has 5 heteroatoms. The summed E-state index contributed by atoms with van der Waals surface area (Å²) in [6, 6.07) is 5.94. The van der Waals surface area contributed by atoms with E-state index in [0.717, 1.165) is 11.1 Å². The molecule has 0 unspecified atom stereocenters. The average molecular weight is 348 g/mol. The number of rotatable bonds is 5. The molecule has 1 aromatic carbocycles. The highest BCUT2D eigenvalue weighted by atomic mass is 16.7. The zero-order chi connectivity index (χ0) is 19.4. The minimum Gasteiger partial charge on any atom is -0.347 e. The number of carbonyl (C=O) groups is 2. The molecule has 0 aliphatic rings. The lowest BCUT2D eigenvalue weighted by molar-refractivity contribution is -0.168. The molecule has 0 aliphatic heterocycles. The lowest BCUT2D eigenvalue weighted by Crippen LogP contribution is -2.41. The molecule has 0 aliphatic carbocycles. The smallest absolute Gasteiger partial charge is 0.251 e. The van der Waals surface area contributed by atoms with Crippen LogP contribution >= 0.6 is 0 Å². The van der Waals surface area contributed by atoms with Crippen LogP contribution in [0.4, 0.5) is 0 Å². The first kappa shape index (κ1) is 21.2. The van der Waals surface area contributed by atoms with Gasteiger partial charge >= 0.3 is 0 Å². The van der Waals surface area contributed by atoms with Crippen molar-refractivity contribution in [3.05, 3.63) is 34.9 Å². The molecule has 5 nitrogen and oxygen atoms in total. The van der Waals surface area contributed by atoms with E-state index in [4.69, 9.17) is 4.84 Å². The van der Waals surface area contributed by atoms with Gasteiger partial charge < -0.3 is 5.32 Å². The Bertz CT molecular complexity index is 625. The lowest BCUT2D eigenvalue weighted by atomic mass is 9.84. The Morgan fingerprint density at radius 1 is 1.12 bits per heavy atom. The minimum atomic E-state index is -0.321. The van der Waals surface area contributed by atoms with Crippen LogP contribution in [0.2, 0.25) is 0 Å². The van der Waals surface area contributed by atoms with Gasteiger partial charge in [0.25, 0.3) is 5.91 Å². The van der Waals surface area contributed by atoms with Gasteiger partial charge in [-0.3, -0.25) is 14.4 Å². The minimum absolute atomic E-state index is 0.0542. The van der Waals surface area contributed by atoms with Crippen molar-refractivity contribution in [3.8, 4) is 0 Å². The summed E-state index contributed by atoms with van der Waals surface area (Å²) >= 11 is 0. The number of hydroxylamine groups is 2. The van der Waals surface area contributed by atoms with Crippen molar-refractivity contribution >= 4 is 11.8 Å². The van der Waals surface area contributed by atoms with E-state index in [2.05, 4.69) is 26.1 Å². The van der Waals surface area contributed by atoms with Gasteiger partial charge in [-0.05, 0) is 49.8 Å². The first-order valence-corrected chi connectivity index (χ1v) is 8.62. The molecule has 2 amide bonds. The van der Waals surface area contributed by atoms with Crippen LogP contribution in [0.3, 0.4) is 0 Å². The van der Waals surface area contributed by atoms with Gasteiger partial charge in [0.15, 0.2) is 0 Å². The van der Waals surface area contributed by atoms with E-state index in [-0.39, 0.29) is 29.2 Å². The molecule has 140 valence electrons. The van der Waals surface area contributed by atoms with Gasteiger partial charge in [0.05, 0.1) is 7.11 Å². The Hall–Kier alpha value is -1.88. The van der Waals surface area contributed by atoms with E-state index < -0.39 is 0 Å². The number of nitrogens with one attached hydrogen (secondary N) is 1. The van der Waals surface area contributed by atoms with Gasteiger partial charge in [0.1, 0.15) is 0 Å². The maximum absolute atomic E-state index is 12.8. The second-order valence-corrected chi connectivity index (χ2v) is 8.40. The van der Waals surface area contributed by atoms with Gasteiger partial charge in [-0.25, -0.2) is 5.06 Å². The largest absolute Gasteiger partial charge is 0.347 e. The number of aryl methyl sites for hydroxylation is 1. The van der Waals surface area contributed by atoms with E-state index in [9.17, 15) is 9.59 Å². The summed E-state index contributed by atoms with van der Waals surface area (Å²) in [4.78, 5) is 29.7. The average Bonchev–Trinajstić information content (AvgIpc) is 2.48. The molecule has 1 aromatic rings. The van der Waals surface area contributed by atoms with E-state index >= 15 is 0 Å². The van der Waals surface area contributed by atoms with E-state index in [1.807, 2.05) is 39.0 Å². The van der Waals surface area contributed by atoms with Crippen LogP contribution in [0.25, 0.3) is 0 Å². The van der Waals surface area contributed by atoms with Crippen molar-refractivity contribution in [1.29, 1.82) is 0 Å². The van der Waals surface area contributed by atoms with Gasteiger partial charge in [-0.1, -0.05) is 32.9 Å². The topological polar surface area (TPSA) is 58.6 Å². The van der Waals surface area contributed by atoms with Crippen molar-refractivity contribution in [2.45, 2.75) is 65.3 Å². The Morgan fingerprint density at radius 3 is 2.20 bits per heavy atom. The van der Waals surface area contributed by atoms with Crippen molar-refractivity contribution < 1.29 is 14.4 Å². The fourth-order valence-electron chi connectivity index (χ4n) is 2.38. The summed E-state index contributed by atoms with van der Waals surface area (Å²) in [5.41, 5.74) is 2.22. The van der Waals surface area contributed by atoms with E-state index in [1.54, 1.807) is 7.05 Å². The number of hydrogen-bond acceptors (Lipinski definition) is 3. The number of nitrogens with zero attached hydrogens (tertiary/aromatic N) is 1. The molecule has 0 spiro atoms. The zero-order valence-corrected chi connectivity index (χ0v) is 16.8. The second-order valence-electron chi connectivity index (χ2n) is 8.40. The highest BCUT2D eigenvalue weighted by Crippen LogP contribution is 2.25. The van der Waals surface area contributed by atoms with Crippen LogP contribution in [-0.2, 0) is 21.5 Å². The maximum atomic E-state index is 12.8. The van der Waals surface area contributed by atoms with Crippen LogP contribution in [-0.4, -0.2) is 36.6 Å². The molecule has 0 radical (unpaired) electrons. The monoisotopic (exact) mass is 348 g/mol. The predicted molar refractivity (Wildman–Crippen MR) is 100 cm³/mol. The molecule has 0 saturated heterocycles. The van der Waals surface area contributed by atoms with Crippen LogP contribution in [0, 0.1) is 0 Å². The molecule has 0 fully saturated rings. The standard InChI is InChI=1S/C20H32N2O3/c1-19(2,3)15-11-9-14(10-12-17(23)22(7)25-8)16(13-15)18(24)21-20(4,5)6/h9,11,13H,10,12H2,1-8H3,(H,21,24). The van der Waals surface area contributed by atoms with Gasteiger partial charge in [-0.15, -0.1) is 0 Å². The van der Waals surface area contributed by atoms with Crippen LogP contribution in [0.15, 0.2) is 18.2 Å². The molecule has 0 saturated carbocycles. The first-order chi connectivity index (χ1) is 11.3. The molecule has 0 heterocycles. The normalized spacial score (nSPS) is 12.0. The third kappa shape index (κ3) is 6.50. The van der Waals surface area contributed by atoms with Crippen molar-refractivity contribution in [3.63, 3.8) is 0 Å². The Kier molecular flexibility index (Phi) is 6.77. The Balaban J connectivity index is 3.14. The molecule has 0 atom stereocenters. The van der Waals surface area contributed by atoms with Crippen LogP contribution in [0.1, 0.15) is 69.4 Å². The number of hydrogen-bond donors (Lipinski definition) is 1. The molecule has 0 aromatic heterocycles. The highest BCUT2D eigenvalue weighted by Gasteiger charge is 2.22. The Morgan fingerprint density at radius 2 is 1.72 bits per heavy atom. The third-order valence-electron chi connectivity index (χ3n) is 3.94. The summed E-state index contributed by atoms with van der Waals surface area (Å²) in [5, 5.41) is 4.22. The highest BCUT2D eigenvalue weighted by molar-refractivity contribution is 5.96. The van der Waals surface area contributed by atoms with Crippen molar-refractivity contribution in [2.24, 2.45) is 0 Å². The van der Waals surface area contributed by atoms with Crippen molar-refractivity contribution in [2.75, 3.05) is 14.2 Å². The van der Waals surface area contributed by atoms with Crippen LogP contribution in [0.5, 0.6) is 0 Å². The SMILES string of the molecule is CON(C)C(=O)CCc1ccc(C(C)(C)C)cc1C(=O)NC(C)(C)C. The van der Waals surface area contributed by atoms with Gasteiger partial charge in [0.2, 0.25) is 5.91 Å². The first-order valence-electron chi connectivity index (χ1n) is 8.62. The van der Waals surface area contributed by atoms with Gasteiger partial charge in [-0.2, -0.15) is 0 Å². The molecule has 1 rings (SSSR count). The number of benzene rings is 1. The second kappa shape index (κ2) is 8.00. The summed E-state index contributed by atoms with van der Waals surface area (Å²) < 4.78 is 0. The van der Waals surface area contributed by atoms with E-state index in [1.165, 1.54) is 12.2 Å². The van der Waals surface area contributed by atoms with E-state index in [0.29, 0.717) is 12.0 Å². The molecule has 1 N–H and O–H groups in total. The number of amides is 2. The summed E-state index contributed by atoms with van der Waals surface area (Å²) in [6.45, 7) is 12.2. The van der Waals surface area contributed by atoms with Crippen molar-refractivity contribution in [1.82, 2.24) is 10.4 Å². The fraction of sp³-hybridized carbons (Fsp3) is 0.600. The summed E-state index contributed by atoms with van der Waals surface area (Å²) in [5.74, 6) is -0.231. The lowest BCUT2D eigenvalue weighted by Gasteiger charge is -2.24. The maximum Gasteiger partial charge on any atom is 0.251 e. The molecular weight excluding hydrogens is 316 g/mol. The summed E-state index contributed by atoms with van der Waals surface area (Å²) in [6.07, 6.45) is 0.777. The van der Waals surface area contributed by atoms with Crippen LogP contribution < -0.4 is 5.32 Å². The quantitative estimate of drug-likeness (QED) is 0.829. The molecule has 0 bridgehead atoms. The fourth-order valence-corrected chi connectivity index (χ4v) is 2.38. The number of carbonyl (C=O) groups excluding carboxylic acids is 2.